The van der Waals surface area contributed by atoms with Crippen LogP contribution in [0.2, 0.25) is 0 Å². The Morgan fingerprint density at radius 2 is 2.00 bits per heavy atom. The first kappa shape index (κ1) is 20.5. The zero-order valence-corrected chi connectivity index (χ0v) is 17.9. The average Bonchev–Trinajstić information content (AvgIpc) is 3.11. The number of hydrogen-bond acceptors (Lipinski definition) is 6. The van der Waals surface area contributed by atoms with Crippen molar-refractivity contribution in [3.05, 3.63) is 48.0 Å². The number of aromatic nitrogens is 3. The van der Waals surface area contributed by atoms with Crippen LogP contribution in [0, 0.1) is 6.42 Å². The normalized spacial score (nSPS) is 14.1. The van der Waals surface area contributed by atoms with E-state index in [1.54, 1.807) is 7.11 Å². The van der Waals surface area contributed by atoms with E-state index < -0.39 is 0 Å². The van der Waals surface area contributed by atoms with Gasteiger partial charge in [0, 0.05) is 37.9 Å². The summed E-state index contributed by atoms with van der Waals surface area (Å²) in [7, 11) is 1.73. The van der Waals surface area contributed by atoms with Gasteiger partial charge in [0.15, 0.2) is 5.82 Å². The van der Waals surface area contributed by atoms with E-state index >= 15 is 0 Å². The average molecular weight is 408 g/mol. The number of rotatable bonds is 10. The van der Waals surface area contributed by atoms with E-state index in [0.717, 1.165) is 60.8 Å². The maximum atomic E-state index is 5.94. The number of methoxy groups -OCH3 is 1. The van der Waals surface area contributed by atoms with Crippen LogP contribution in [0.15, 0.2) is 30.5 Å². The lowest BCUT2D eigenvalue weighted by Gasteiger charge is -2.30. The molecular weight excluding hydrogens is 376 g/mol. The minimum absolute atomic E-state index is 0.295. The summed E-state index contributed by atoms with van der Waals surface area (Å²) in [5.74, 6) is 2.00. The first-order chi connectivity index (χ1) is 14.7. The number of fused-ring (bicyclic) bond motifs is 1. The van der Waals surface area contributed by atoms with Crippen LogP contribution in [-0.2, 0) is 13.1 Å². The smallest absolute Gasteiger partial charge is 0.222 e. The van der Waals surface area contributed by atoms with Gasteiger partial charge >= 0.3 is 0 Å². The Morgan fingerprint density at radius 3 is 2.73 bits per heavy atom. The summed E-state index contributed by atoms with van der Waals surface area (Å²) in [4.78, 5) is 11.3. The van der Waals surface area contributed by atoms with E-state index in [-0.39, 0.29) is 0 Å². The van der Waals surface area contributed by atoms with E-state index in [4.69, 9.17) is 10.5 Å². The van der Waals surface area contributed by atoms with Gasteiger partial charge in [-0.3, -0.25) is 4.90 Å². The molecule has 0 saturated carbocycles. The summed E-state index contributed by atoms with van der Waals surface area (Å²) < 4.78 is 7.88. The van der Waals surface area contributed by atoms with Crippen molar-refractivity contribution >= 4 is 22.8 Å². The molecule has 1 aliphatic rings. The maximum Gasteiger partial charge on any atom is 0.222 e. The van der Waals surface area contributed by atoms with Crippen LogP contribution in [0.3, 0.4) is 0 Å². The summed E-state index contributed by atoms with van der Waals surface area (Å²) in [6.07, 6.45) is 7.80. The van der Waals surface area contributed by atoms with Crippen molar-refractivity contribution in [3.8, 4) is 5.75 Å². The fraction of sp³-hybridized carbons (Fsp3) is 0.435. The quantitative estimate of drug-likeness (QED) is 0.499. The van der Waals surface area contributed by atoms with Crippen molar-refractivity contribution in [1.82, 2.24) is 19.4 Å². The molecule has 7 nitrogen and oxygen atoms in total. The second-order valence-electron chi connectivity index (χ2n) is 7.87. The molecule has 4 rings (SSSR count). The highest BCUT2D eigenvalue weighted by molar-refractivity contribution is 5.87. The zero-order chi connectivity index (χ0) is 20.9. The summed E-state index contributed by atoms with van der Waals surface area (Å²) in [6.45, 7) is 6.84. The molecule has 1 aliphatic heterocycles. The third-order valence-corrected chi connectivity index (χ3v) is 5.57. The highest BCUT2D eigenvalue weighted by Crippen LogP contribution is 2.27. The molecule has 3 heterocycles. The number of anilines is 2. The maximum absolute atomic E-state index is 5.94. The number of nitrogen functional groups attached to an aromatic ring is 1. The highest BCUT2D eigenvalue weighted by atomic mass is 16.5. The molecule has 0 amide bonds. The Bertz CT molecular complexity index is 995. The lowest BCUT2D eigenvalue weighted by Crippen LogP contribution is -2.37. The monoisotopic (exact) mass is 407 g/mol. The van der Waals surface area contributed by atoms with E-state index in [0.29, 0.717) is 12.5 Å². The number of benzene rings is 1. The molecule has 1 aromatic carbocycles. The molecule has 0 atom stereocenters. The summed E-state index contributed by atoms with van der Waals surface area (Å²) in [5, 5.41) is 3.46. The van der Waals surface area contributed by atoms with Gasteiger partial charge in [-0.25, -0.2) is 4.98 Å². The largest absolute Gasteiger partial charge is 0.496 e. The molecular formula is C23H31N6O. The first-order valence-corrected chi connectivity index (χ1v) is 10.7. The van der Waals surface area contributed by atoms with Gasteiger partial charge in [0.1, 0.15) is 11.3 Å². The summed E-state index contributed by atoms with van der Waals surface area (Å²) >= 11 is 0. The minimum Gasteiger partial charge on any atom is -0.496 e. The second kappa shape index (κ2) is 9.34. The van der Waals surface area contributed by atoms with Crippen LogP contribution < -0.4 is 15.8 Å². The number of hydrogen-bond donors (Lipinski definition) is 2. The van der Waals surface area contributed by atoms with Crippen molar-refractivity contribution in [1.29, 1.82) is 0 Å². The summed E-state index contributed by atoms with van der Waals surface area (Å²) in [5.41, 5.74) is 10.2. The molecule has 0 unspecified atom stereocenters. The number of ether oxygens (including phenoxy) is 1. The SMILES string of the molecule is CCCCCNc1nc(N)nc2ccn(Cc3ccc(CN4C[CH]C4)cc3OC)c12. The Kier molecular flexibility index (Phi) is 6.38. The van der Waals surface area contributed by atoms with Gasteiger partial charge in [0.25, 0.3) is 0 Å². The van der Waals surface area contributed by atoms with Crippen molar-refractivity contribution in [2.45, 2.75) is 39.3 Å². The molecule has 1 fully saturated rings. The molecule has 3 N–H and O–H groups in total. The van der Waals surface area contributed by atoms with Gasteiger partial charge in [0.2, 0.25) is 5.95 Å². The fourth-order valence-electron chi connectivity index (χ4n) is 3.86. The topological polar surface area (TPSA) is 81.2 Å². The predicted molar refractivity (Wildman–Crippen MR) is 122 cm³/mol. The number of nitrogens with two attached hydrogens (primary N) is 1. The van der Waals surface area contributed by atoms with Crippen LogP contribution in [-0.4, -0.2) is 46.2 Å². The molecule has 1 radical (unpaired) electrons. The Balaban J connectivity index is 1.58. The van der Waals surface area contributed by atoms with Gasteiger partial charge in [-0.2, -0.15) is 4.98 Å². The standard InChI is InChI=1S/C23H31N6O/c1-3-4-5-10-25-22-21-19(26-23(24)27-22)9-13-29(21)16-18-8-7-17(14-20(18)30-2)15-28-11-6-12-28/h6-9,13-14H,3-5,10-12,15-16H2,1-2H3,(H3,24,25,26,27). The van der Waals surface area contributed by atoms with Crippen molar-refractivity contribution < 1.29 is 4.74 Å². The van der Waals surface area contributed by atoms with E-state index in [1.807, 2.05) is 12.3 Å². The number of likely N-dealkylation sites (tertiary alicyclic amines) is 1. The van der Waals surface area contributed by atoms with Crippen molar-refractivity contribution in [2.24, 2.45) is 0 Å². The van der Waals surface area contributed by atoms with Gasteiger partial charge < -0.3 is 20.4 Å². The van der Waals surface area contributed by atoms with E-state index in [1.165, 1.54) is 18.4 Å². The Labute approximate surface area is 178 Å². The molecule has 3 aromatic rings. The van der Waals surface area contributed by atoms with E-state index in [2.05, 4.69) is 56.3 Å². The van der Waals surface area contributed by atoms with E-state index in [9.17, 15) is 0 Å². The molecule has 30 heavy (non-hydrogen) atoms. The number of nitrogens with one attached hydrogen (secondary N) is 1. The third kappa shape index (κ3) is 4.51. The van der Waals surface area contributed by atoms with Gasteiger partial charge in [-0.15, -0.1) is 0 Å². The molecule has 2 aromatic heterocycles. The fourth-order valence-corrected chi connectivity index (χ4v) is 3.86. The van der Waals surface area contributed by atoms with Crippen LogP contribution >= 0.6 is 0 Å². The van der Waals surface area contributed by atoms with Crippen LogP contribution in [0.1, 0.15) is 37.3 Å². The molecule has 1 saturated heterocycles. The second-order valence-corrected chi connectivity index (χ2v) is 7.87. The third-order valence-electron chi connectivity index (χ3n) is 5.57. The van der Waals surface area contributed by atoms with Crippen LogP contribution in [0.4, 0.5) is 11.8 Å². The van der Waals surface area contributed by atoms with Gasteiger partial charge in [-0.1, -0.05) is 31.9 Å². The minimum atomic E-state index is 0.295. The lowest BCUT2D eigenvalue weighted by atomic mass is 10.1. The summed E-state index contributed by atoms with van der Waals surface area (Å²) in [6, 6.07) is 8.50. The molecule has 0 bridgehead atoms. The van der Waals surface area contributed by atoms with Gasteiger partial charge in [0.05, 0.1) is 19.2 Å². The van der Waals surface area contributed by atoms with Gasteiger partial charge in [-0.05, 0) is 30.5 Å². The lowest BCUT2D eigenvalue weighted by molar-refractivity contribution is 0.235. The zero-order valence-electron chi connectivity index (χ0n) is 17.9. The van der Waals surface area contributed by atoms with Crippen LogP contribution in [0.25, 0.3) is 11.0 Å². The molecule has 159 valence electrons. The molecule has 0 aliphatic carbocycles. The highest BCUT2D eigenvalue weighted by Gasteiger charge is 2.16. The predicted octanol–water partition coefficient (Wildman–Crippen LogP) is 3.69. The molecule has 0 spiro atoms. The Morgan fingerprint density at radius 1 is 1.13 bits per heavy atom. The first-order valence-electron chi connectivity index (χ1n) is 10.7. The Hall–Kier alpha value is -2.80. The van der Waals surface area contributed by atoms with Crippen molar-refractivity contribution in [3.63, 3.8) is 0 Å². The van der Waals surface area contributed by atoms with Crippen molar-refractivity contribution in [2.75, 3.05) is 37.8 Å². The van der Waals surface area contributed by atoms with Crippen LogP contribution in [0.5, 0.6) is 5.75 Å². The molecule has 7 heteroatoms. The number of unbranched alkanes of at least 4 members (excludes halogenated alkanes) is 2. The number of nitrogens with zero attached hydrogens (tertiary/aromatic N) is 4.